The molecule has 0 aromatic carbocycles. The Bertz CT molecular complexity index is 212. The van der Waals surface area contributed by atoms with Crippen molar-refractivity contribution in [3.05, 3.63) is 0 Å². The molecule has 2 unspecified atom stereocenters. The van der Waals surface area contributed by atoms with Crippen molar-refractivity contribution in [2.75, 3.05) is 6.54 Å². The Morgan fingerprint density at radius 2 is 2.00 bits per heavy atom. The monoisotopic (exact) mass is 238 g/mol. The second-order valence-electron chi connectivity index (χ2n) is 3.47. The molecular weight excluding hydrogens is 220 g/mol. The van der Waals surface area contributed by atoms with E-state index in [-0.39, 0.29) is 19.0 Å². The Hall–Kier alpha value is -0.810. The van der Waals surface area contributed by atoms with Gasteiger partial charge in [0.05, 0.1) is 6.04 Å². The minimum absolute atomic E-state index is 0. The van der Waals surface area contributed by atoms with Crippen LogP contribution in [-0.2, 0) is 9.59 Å². The van der Waals surface area contributed by atoms with Crippen LogP contribution < -0.4 is 11.1 Å². The fourth-order valence-electron chi connectivity index (χ4n) is 1.00. The summed E-state index contributed by atoms with van der Waals surface area (Å²) >= 11 is 0. The molecule has 0 saturated carbocycles. The number of amides is 1. The van der Waals surface area contributed by atoms with Gasteiger partial charge in [-0.1, -0.05) is 20.3 Å². The number of nitrogens with one attached hydrogen (secondary N) is 1. The summed E-state index contributed by atoms with van der Waals surface area (Å²) in [5, 5.41) is 10.6. The molecule has 0 radical (unpaired) electrons. The normalized spacial score (nSPS) is 13.5. The molecule has 0 aliphatic heterocycles. The molecule has 0 bridgehead atoms. The van der Waals surface area contributed by atoms with Crippen LogP contribution in [-0.4, -0.2) is 29.6 Å². The Morgan fingerprint density at radius 3 is 2.40 bits per heavy atom. The topological polar surface area (TPSA) is 92.4 Å². The maximum Gasteiger partial charge on any atom is 0.322 e. The first kappa shape index (κ1) is 16.6. The van der Waals surface area contributed by atoms with Gasteiger partial charge in [-0.05, 0) is 12.3 Å². The number of carboxylic acid groups (broad SMARTS) is 1. The smallest absolute Gasteiger partial charge is 0.322 e. The lowest BCUT2D eigenvalue weighted by atomic mass is 9.99. The summed E-state index contributed by atoms with van der Waals surface area (Å²) in [6.45, 7) is 3.66. The number of carboxylic acids is 1. The predicted molar refractivity (Wildman–Crippen MR) is 59.9 cm³/mol. The second kappa shape index (κ2) is 8.49. The van der Waals surface area contributed by atoms with Crippen LogP contribution in [0.25, 0.3) is 0 Å². The summed E-state index contributed by atoms with van der Waals surface area (Å²) in [7, 11) is 0. The molecule has 0 aromatic heterocycles. The summed E-state index contributed by atoms with van der Waals surface area (Å²) < 4.78 is 0. The quantitative estimate of drug-likeness (QED) is 0.624. The van der Waals surface area contributed by atoms with Crippen LogP contribution in [0.5, 0.6) is 0 Å². The summed E-state index contributed by atoms with van der Waals surface area (Å²) in [6.07, 6.45) is 1.54. The van der Waals surface area contributed by atoms with Gasteiger partial charge in [0.2, 0.25) is 5.91 Å². The minimum Gasteiger partial charge on any atom is -0.480 e. The highest BCUT2D eigenvalue weighted by atomic mass is 35.5. The fourth-order valence-corrected chi connectivity index (χ4v) is 1.00. The second-order valence-corrected chi connectivity index (χ2v) is 3.47. The molecule has 5 nitrogen and oxygen atoms in total. The zero-order chi connectivity index (χ0) is 11.1. The van der Waals surface area contributed by atoms with Gasteiger partial charge in [0.25, 0.3) is 0 Å². The average Bonchev–Trinajstić information content (AvgIpc) is 2.13. The molecule has 0 aliphatic carbocycles. The number of hydrogen-bond acceptors (Lipinski definition) is 3. The lowest BCUT2D eigenvalue weighted by Gasteiger charge is -2.14. The van der Waals surface area contributed by atoms with Crippen molar-refractivity contribution < 1.29 is 14.7 Å². The third-order valence-electron chi connectivity index (χ3n) is 2.10. The van der Waals surface area contributed by atoms with E-state index in [1.54, 1.807) is 0 Å². The standard InChI is InChI=1S/C9H18N2O3.ClH/c1-3-6(2)4-7(10)9(14)11-5-8(12)13;/h6-7H,3-5,10H2,1-2H3,(H,11,14)(H,12,13);1H. The van der Waals surface area contributed by atoms with E-state index in [9.17, 15) is 9.59 Å². The molecule has 0 aromatic rings. The summed E-state index contributed by atoms with van der Waals surface area (Å²) in [5.41, 5.74) is 5.57. The fraction of sp³-hybridized carbons (Fsp3) is 0.778. The third kappa shape index (κ3) is 8.20. The van der Waals surface area contributed by atoms with Gasteiger partial charge < -0.3 is 16.2 Å². The van der Waals surface area contributed by atoms with E-state index in [0.717, 1.165) is 6.42 Å². The first-order valence-electron chi connectivity index (χ1n) is 4.72. The maximum atomic E-state index is 11.2. The Labute approximate surface area is 95.8 Å². The summed E-state index contributed by atoms with van der Waals surface area (Å²) in [5.74, 6) is -1.08. The molecule has 0 heterocycles. The molecule has 2 atom stereocenters. The molecule has 15 heavy (non-hydrogen) atoms. The van der Waals surface area contributed by atoms with Crippen molar-refractivity contribution in [2.24, 2.45) is 11.7 Å². The Morgan fingerprint density at radius 1 is 1.47 bits per heavy atom. The van der Waals surface area contributed by atoms with Gasteiger partial charge in [-0.25, -0.2) is 0 Å². The number of rotatable bonds is 6. The minimum atomic E-state index is -1.06. The molecule has 1 amide bonds. The highest BCUT2D eigenvalue weighted by Gasteiger charge is 2.16. The highest BCUT2D eigenvalue weighted by molar-refractivity contribution is 5.85. The van der Waals surface area contributed by atoms with E-state index in [4.69, 9.17) is 10.8 Å². The van der Waals surface area contributed by atoms with Crippen LogP contribution >= 0.6 is 12.4 Å². The van der Waals surface area contributed by atoms with Crippen LogP contribution in [0.4, 0.5) is 0 Å². The lowest BCUT2D eigenvalue weighted by molar-refractivity contribution is -0.138. The molecule has 90 valence electrons. The van der Waals surface area contributed by atoms with Crippen LogP contribution in [0.3, 0.4) is 0 Å². The van der Waals surface area contributed by atoms with E-state index >= 15 is 0 Å². The number of aliphatic carboxylic acids is 1. The van der Waals surface area contributed by atoms with E-state index in [2.05, 4.69) is 5.32 Å². The molecule has 0 aliphatic rings. The van der Waals surface area contributed by atoms with Gasteiger partial charge >= 0.3 is 5.97 Å². The van der Waals surface area contributed by atoms with Gasteiger partial charge in [-0.3, -0.25) is 9.59 Å². The Balaban J connectivity index is 0. The SMILES string of the molecule is CCC(C)CC(N)C(=O)NCC(=O)O.Cl. The van der Waals surface area contributed by atoms with Crippen LogP contribution in [0.2, 0.25) is 0 Å². The van der Waals surface area contributed by atoms with Crippen molar-refractivity contribution >= 4 is 24.3 Å². The number of carbonyl (C=O) groups excluding carboxylic acids is 1. The van der Waals surface area contributed by atoms with E-state index in [0.29, 0.717) is 12.3 Å². The van der Waals surface area contributed by atoms with Gasteiger partial charge in [-0.15, -0.1) is 12.4 Å². The van der Waals surface area contributed by atoms with Crippen molar-refractivity contribution in [2.45, 2.75) is 32.7 Å². The molecule has 0 fully saturated rings. The number of nitrogens with two attached hydrogens (primary N) is 1. The van der Waals surface area contributed by atoms with Gasteiger partial charge in [-0.2, -0.15) is 0 Å². The first-order valence-corrected chi connectivity index (χ1v) is 4.72. The first-order chi connectivity index (χ1) is 6.47. The van der Waals surface area contributed by atoms with Crippen molar-refractivity contribution in [1.82, 2.24) is 5.32 Å². The largest absolute Gasteiger partial charge is 0.480 e. The lowest BCUT2D eigenvalue weighted by Crippen LogP contribution is -2.43. The maximum absolute atomic E-state index is 11.2. The Kier molecular flexibility index (Phi) is 9.41. The van der Waals surface area contributed by atoms with E-state index in [1.165, 1.54) is 0 Å². The molecule has 0 saturated heterocycles. The van der Waals surface area contributed by atoms with Crippen molar-refractivity contribution in [3.8, 4) is 0 Å². The molecule has 0 rings (SSSR count). The average molecular weight is 239 g/mol. The summed E-state index contributed by atoms with van der Waals surface area (Å²) in [4.78, 5) is 21.3. The number of halogens is 1. The number of carbonyl (C=O) groups is 2. The van der Waals surface area contributed by atoms with Crippen molar-refractivity contribution in [1.29, 1.82) is 0 Å². The van der Waals surface area contributed by atoms with Crippen LogP contribution in [0, 0.1) is 5.92 Å². The van der Waals surface area contributed by atoms with E-state index in [1.807, 2.05) is 13.8 Å². The van der Waals surface area contributed by atoms with Crippen LogP contribution in [0.1, 0.15) is 26.7 Å². The van der Waals surface area contributed by atoms with Gasteiger partial charge in [0, 0.05) is 0 Å². The zero-order valence-corrected chi connectivity index (χ0v) is 9.84. The zero-order valence-electron chi connectivity index (χ0n) is 9.03. The third-order valence-corrected chi connectivity index (χ3v) is 2.10. The molecule has 0 spiro atoms. The number of hydrogen-bond donors (Lipinski definition) is 3. The molecule has 6 heteroatoms. The summed E-state index contributed by atoms with van der Waals surface area (Å²) in [6, 6.07) is -0.607. The van der Waals surface area contributed by atoms with Gasteiger partial charge in [0.15, 0.2) is 0 Å². The van der Waals surface area contributed by atoms with Crippen molar-refractivity contribution in [3.63, 3.8) is 0 Å². The molecule has 4 N–H and O–H groups in total. The van der Waals surface area contributed by atoms with Gasteiger partial charge in [0.1, 0.15) is 6.54 Å². The predicted octanol–water partition coefficient (Wildman–Crippen LogP) is 0.372. The van der Waals surface area contributed by atoms with Crippen LogP contribution in [0.15, 0.2) is 0 Å². The highest BCUT2D eigenvalue weighted by Crippen LogP contribution is 2.08. The molecular formula is C9H19ClN2O3. The van der Waals surface area contributed by atoms with E-state index < -0.39 is 17.9 Å².